The van der Waals surface area contributed by atoms with Crippen LogP contribution in [0.3, 0.4) is 0 Å². The van der Waals surface area contributed by atoms with E-state index in [1.807, 2.05) is 25.4 Å². The molecule has 1 fully saturated rings. The van der Waals surface area contributed by atoms with Crippen molar-refractivity contribution in [1.82, 2.24) is 15.1 Å². The van der Waals surface area contributed by atoms with Crippen LogP contribution in [-0.4, -0.2) is 28.1 Å². The van der Waals surface area contributed by atoms with Crippen LogP contribution in [0.15, 0.2) is 24.5 Å². The first kappa shape index (κ1) is 12.7. The van der Waals surface area contributed by atoms with Crippen molar-refractivity contribution >= 4 is 28.8 Å². The molecule has 0 bridgehead atoms. The first-order valence-electron chi connectivity index (χ1n) is 6.13. The topological polar surface area (TPSA) is 49.0 Å². The number of thiophene rings is 1. The fraction of sp³-hybridized carbons (Fsp3) is 0.385. The lowest BCUT2D eigenvalue weighted by atomic mass is 10.2. The van der Waals surface area contributed by atoms with E-state index in [0.717, 1.165) is 16.3 Å². The molecule has 6 heteroatoms. The molecule has 1 N–H and O–H groups in total. The smallest absolute Gasteiger partial charge is 0.226 e. The van der Waals surface area contributed by atoms with Gasteiger partial charge in [0.05, 0.1) is 10.5 Å². The van der Waals surface area contributed by atoms with Crippen LogP contribution in [0, 0.1) is 5.92 Å². The molecular formula is C13H14ClN3OS. The van der Waals surface area contributed by atoms with Gasteiger partial charge >= 0.3 is 0 Å². The number of rotatable bonds is 4. The molecule has 1 aliphatic rings. The van der Waals surface area contributed by atoms with E-state index >= 15 is 0 Å². The molecule has 4 nitrogen and oxygen atoms in total. The fourth-order valence-corrected chi connectivity index (χ4v) is 3.55. The minimum absolute atomic E-state index is 0.117. The van der Waals surface area contributed by atoms with Gasteiger partial charge in [0.2, 0.25) is 5.91 Å². The highest BCUT2D eigenvalue weighted by Crippen LogP contribution is 2.51. The third kappa shape index (κ3) is 2.67. The van der Waals surface area contributed by atoms with Crippen LogP contribution >= 0.6 is 22.9 Å². The van der Waals surface area contributed by atoms with Crippen molar-refractivity contribution in [3.05, 3.63) is 39.3 Å². The maximum absolute atomic E-state index is 12.3. The van der Waals surface area contributed by atoms with Crippen LogP contribution in [0.2, 0.25) is 4.34 Å². The summed E-state index contributed by atoms with van der Waals surface area (Å²) in [6.45, 7) is 0.601. The monoisotopic (exact) mass is 295 g/mol. The minimum atomic E-state index is 0.117. The van der Waals surface area contributed by atoms with E-state index in [0.29, 0.717) is 12.5 Å². The molecule has 3 rings (SSSR count). The second-order valence-corrected chi connectivity index (χ2v) is 6.64. The van der Waals surface area contributed by atoms with E-state index in [1.54, 1.807) is 22.4 Å². The van der Waals surface area contributed by atoms with Gasteiger partial charge in [-0.2, -0.15) is 5.10 Å². The summed E-state index contributed by atoms with van der Waals surface area (Å²) in [6.07, 6.45) is 4.49. The molecule has 2 heterocycles. The predicted octanol–water partition coefficient (Wildman–Crippen LogP) is 2.89. The van der Waals surface area contributed by atoms with Crippen molar-refractivity contribution in [2.75, 3.05) is 7.05 Å². The maximum atomic E-state index is 12.3. The van der Waals surface area contributed by atoms with Crippen molar-refractivity contribution in [2.45, 2.75) is 18.9 Å². The Morgan fingerprint density at radius 3 is 3.11 bits per heavy atom. The number of amides is 1. The van der Waals surface area contributed by atoms with Crippen LogP contribution in [0.5, 0.6) is 0 Å². The van der Waals surface area contributed by atoms with Gasteiger partial charge in [-0.15, -0.1) is 11.3 Å². The van der Waals surface area contributed by atoms with Gasteiger partial charge in [-0.3, -0.25) is 9.89 Å². The number of hydrogen-bond acceptors (Lipinski definition) is 3. The molecule has 0 aromatic carbocycles. The molecule has 1 saturated carbocycles. The Balaban J connectivity index is 1.60. The molecule has 0 radical (unpaired) electrons. The Morgan fingerprint density at radius 1 is 1.63 bits per heavy atom. The molecule has 2 aromatic rings. The SMILES string of the molecule is CN(Cc1cn[nH]c1)C(=O)[C@@H]1C[C@H]1c1ccc(Cl)s1. The molecule has 100 valence electrons. The van der Waals surface area contributed by atoms with E-state index in [1.165, 1.54) is 4.88 Å². The Morgan fingerprint density at radius 2 is 2.47 bits per heavy atom. The summed E-state index contributed by atoms with van der Waals surface area (Å²) in [4.78, 5) is 15.3. The van der Waals surface area contributed by atoms with Gasteiger partial charge in [0.15, 0.2) is 0 Å². The third-order valence-electron chi connectivity index (χ3n) is 3.42. The highest BCUT2D eigenvalue weighted by Gasteiger charge is 2.45. The van der Waals surface area contributed by atoms with Crippen LogP contribution in [-0.2, 0) is 11.3 Å². The zero-order chi connectivity index (χ0) is 13.4. The lowest BCUT2D eigenvalue weighted by Gasteiger charge is -2.16. The standard InChI is InChI=1S/C13H14ClN3OS/c1-17(7-8-5-15-16-6-8)13(18)10-4-9(10)11-2-3-12(14)19-11/h2-3,5-6,9-10H,4,7H2,1H3,(H,15,16)/t9-,10-/m1/s1. The van der Waals surface area contributed by atoms with Crippen LogP contribution in [0.1, 0.15) is 22.8 Å². The third-order valence-corrected chi connectivity index (χ3v) is 4.78. The van der Waals surface area contributed by atoms with Crippen LogP contribution in [0.25, 0.3) is 0 Å². The van der Waals surface area contributed by atoms with Crippen molar-refractivity contribution < 1.29 is 4.79 Å². The molecule has 0 spiro atoms. The first-order valence-corrected chi connectivity index (χ1v) is 7.32. The summed E-state index contributed by atoms with van der Waals surface area (Å²) in [5.41, 5.74) is 1.02. The summed E-state index contributed by atoms with van der Waals surface area (Å²) in [7, 11) is 1.84. The molecule has 2 aromatic heterocycles. The molecular weight excluding hydrogens is 282 g/mol. The molecule has 0 aliphatic heterocycles. The Kier molecular flexibility index (Phi) is 3.33. The second-order valence-electron chi connectivity index (χ2n) is 4.89. The summed E-state index contributed by atoms with van der Waals surface area (Å²) >= 11 is 7.51. The van der Waals surface area contributed by atoms with Gasteiger partial charge in [0.25, 0.3) is 0 Å². The van der Waals surface area contributed by atoms with Gasteiger partial charge in [-0.25, -0.2) is 0 Å². The van der Waals surface area contributed by atoms with Gasteiger partial charge < -0.3 is 4.90 Å². The summed E-state index contributed by atoms with van der Waals surface area (Å²) in [6, 6.07) is 3.93. The Labute approximate surface area is 120 Å². The van der Waals surface area contributed by atoms with Gasteiger partial charge in [-0.05, 0) is 18.6 Å². The zero-order valence-electron chi connectivity index (χ0n) is 10.5. The molecule has 1 amide bonds. The lowest BCUT2D eigenvalue weighted by Crippen LogP contribution is -2.27. The largest absolute Gasteiger partial charge is 0.341 e. The number of aromatic amines is 1. The van der Waals surface area contributed by atoms with E-state index in [-0.39, 0.29) is 11.8 Å². The molecule has 0 unspecified atom stereocenters. The normalized spacial score (nSPS) is 21.4. The van der Waals surface area contributed by atoms with Gasteiger partial charge in [-0.1, -0.05) is 11.6 Å². The maximum Gasteiger partial charge on any atom is 0.226 e. The van der Waals surface area contributed by atoms with Gasteiger partial charge in [0, 0.05) is 42.1 Å². The number of nitrogens with zero attached hydrogens (tertiary/aromatic N) is 2. The average Bonchev–Trinajstić information content (AvgIpc) is 2.79. The highest BCUT2D eigenvalue weighted by atomic mass is 35.5. The van der Waals surface area contributed by atoms with Crippen molar-refractivity contribution in [2.24, 2.45) is 5.92 Å². The fourth-order valence-electron chi connectivity index (χ4n) is 2.31. The number of carbonyl (C=O) groups excluding carboxylic acids is 1. The number of nitrogens with one attached hydrogen (secondary N) is 1. The lowest BCUT2D eigenvalue weighted by molar-refractivity contribution is -0.131. The Hall–Kier alpha value is -1.33. The number of halogens is 1. The molecule has 19 heavy (non-hydrogen) atoms. The van der Waals surface area contributed by atoms with E-state index in [4.69, 9.17) is 11.6 Å². The first-order chi connectivity index (χ1) is 9.15. The average molecular weight is 296 g/mol. The van der Waals surface area contributed by atoms with Crippen molar-refractivity contribution in [3.63, 3.8) is 0 Å². The molecule has 1 aliphatic carbocycles. The van der Waals surface area contributed by atoms with Crippen molar-refractivity contribution in [3.8, 4) is 0 Å². The van der Waals surface area contributed by atoms with E-state index < -0.39 is 0 Å². The number of hydrogen-bond donors (Lipinski definition) is 1. The highest BCUT2D eigenvalue weighted by molar-refractivity contribution is 7.16. The molecule has 0 saturated heterocycles. The predicted molar refractivity (Wildman–Crippen MR) is 75.2 cm³/mol. The summed E-state index contributed by atoms with van der Waals surface area (Å²) in [5, 5.41) is 6.64. The second kappa shape index (κ2) is 4.98. The summed E-state index contributed by atoms with van der Waals surface area (Å²) < 4.78 is 0.792. The quantitative estimate of drug-likeness (QED) is 0.943. The van der Waals surface area contributed by atoms with Crippen LogP contribution in [0.4, 0.5) is 0 Å². The number of H-pyrrole nitrogens is 1. The van der Waals surface area contributed by atoms with E-state index in [2.05, 4.69) is 10.2 Å². The summed E-state index contributed by atoms with van der Waals surface area (Å²) in [5.74, 6) is 0.680. The molecule has 2 atom stereocenters. The van der Waals surface area contributed by atoms with Crippen molar-refractivity contribution in [1.29, 1.82) is 0 Å². The van der Waals surface area contributed by atoms with E-state index in [9.17, 15) is 4.79 Å². The zero-order valence-corrected chi connectivity index (χ0v) is 12.0. The Bertz CT molecular complexity index is 580. The van der Waals surface area contributed by atoms with Gasteiger partial charge in [0.1, 0.15) is 0 Å². The number of aromatic nitrogens is 2. The number of carbonyl (C=O) groups is 1. The van der Waals surface area contributed by atoms with Crippen LogP contribution < -0.4 is 0 Å². The minimum Gasteiger partial charge on any atom is -0.341 e.